The number of oxime groups is 1. The van der Waals surface area contributed by atoms with Crippen LogP contribution in [-0.4, -0.2) is 30.5 Å². The first-order chi connectivity index (χ1) is 12.5. The van der Waals surface area contributed by atoms with E-state index in [-0.39, 0.29) is 11.6 Å². The van der Waals surface area contributed by atoms with Crippen LogP contribution in [0.3, 0.4) is 0 Å². The van der Waals surface area contributed by atoms with E-state index in [0.717, 1.165) is 17.7 Å². The minimum Gasteiger partial charge on any atom is -0.387 e. The standard InChI is InChI=1S/C20H21F2N3O/c1-4-25(3)12-23-18-10-17(22)16(9-13(18)2)20-11-19(24-26-20)14-5-7-15(21)8-6-14/h5-10,12,20H,4,11H2,1-3H3/b23-12+. The van der Waals surface area contributed by atoms with E-state index in [1.807, 2.05) is 25.8 Å². The molecule has 0 aromatic heterocycles. The fourth-order valence-corrected chi connectivity index (χ4v) is 2.68. The largest absolute Gasteiger partial charge is 0.387 e. The van der Waals surface area contributed by atoms with Crippen molar-refractivity contribution >= 4 is 17.7 Å². The molecule has 1 aliphatic heterocycles. The normalized spacial score (nSPS) is 16.7. The maximum atomic E-state index is 14.6. The van der Waals surface area contributed by atoms with Crippen LogP contribution in [0, 0.1) is 18.6 Å². The van der Waals surface area contributed by atoms with Gasteiger partial charge in [0.1, 0.15) is 11.6 Å². The molecule has 0 saturated heterocycles. The first kappa shape index (κ1) is 18.0. The SMILES string of the molecule is CCN(C)/C=N/c1cc(F)c(C2CC(c3ccc(F)cc3)=NO2)cc1C. The summed E-state index contributed by atoms with van der Waals surface area (Å²) in [6.07, 6.45) is 1.62. The van der Waals surface area contributed by atoms with E-state index in [2.05, 4.69) is 10.1 Å². The summed E-state index contributed by atoms with van der Waals surface area (Å²) in [4.78, 5) is 11.7. The van der Waals surface area contributed by atoms with Crippen molar-refractivity contribution in [1.82, 2.24) is 4.90 Å². The molecule has 136 valence electrons. The molecule has 0 saturated carbocycles. The van der Waals surface area contributed by atoms with E-state index in [9.17, 15) is 8.78 Å². The highest BCUT2D eigenvalue weighted by Gasteiger charge is 2.27. The molecule has 26 heavy (non-hydrogen) atoms. The zero-order valence-corrected chi connectivity index (χ0v) is 15.0. The Hall–Kier alpha value is -2.76. The van der Waals surface area contributed by atoms with Gasteiger partial charge in [-0.05, 0) is 43.2 Å². The van der Waals surface area contributed by atoms with E-state index >= 15 is 0 Å². The second-order valence-electron chi connectivity index (χ2n) is 6.32. The predicted molar refractivity (Wildman–Crippen MR) is 99.0 cm³/mol. The van der Waals surface area contributed by atoms with Crippen molar-refractivity contribution < 1.29 is 13.6 Å². The molecule has 0 aliphatic carbocycles. The minimum atomic E-state index is -0.495. The summed E-state index contributed by atoms with van der Waals surface area (Å²) in [5, 5.41) is 4.05. The van der Waals surface area contributed by atoms with E-state index in [1.165, 1.54) is 18.2 Å². The lowest BCUT2D eigenvalue weighted by Crippen LogP contribution is -2.14. The predicted octanol–water partition coefficient (Wildman–Crippen LogP) is 4.75. The average Bonchev–Trinajstić information content (AvgIpc) is 3.12. The highest BCUT2D eigenvalue weighted by atomic mass is 19.1. The summed E-state index contributed by atoms with van der Waals surface area (Å²) < 4.78 is 27.7. The van der Waals surface area contributed by atoms with Gasteiger partial charge in [-0.1, -0.05) is 17.3 Å². The Kier molecular flexibility index (Phi) is 5.30. The van der Waals surface area contributed by atoms with Crippen LogP contribution in [0.25, 0.3) is 0 Å². The number of aryl methyl sites for hydroxylation is 1. The Morgan fingerprint density at radius 3 is 2.69 bits per heavy atom. The molecule has 1 unspecified atom stereocenters. The molecule has 0 radical (unpaired) electrons. The maximum Gasteiger partial charge on any atom is 0.161 e. The van der Waals surface area contributed by atoms with Gasteiger partial charge in [0.25, 0.3) is 0 Å². The smallest absolute Gasteiger partial charge is 0.161 e. The van der Waals surface area contributed by atoms with Crippen LogP contribution in [0.4, 0.5) is 14.5 Å². The molecule has 0 amide bonds. The first-order valence-corrected chi connectivity index (χ1v) is 8.51. The first-order valence-electron chi connectivity index (χ1n) is 8.51. The van der Waals surface area contributed by atoms with Crippen molar-refractivity contribution in [1.29, 1.82) is 0 Å². The summed E-state index contributed by atoms with van der Waals surface area (Å²) in [5.74, 6) is -0.682. The van der Waals surface area contributed by atoms with Crippen LogP contribution in [-0.2, 0) is 4.84 Å². The van der Waals surface area contributed by atoms with Crippen LogP contribution in [0.15, 0.2) is 46.5 Å². The Labute approximate surface area is 151 Å². The molecule has 0 fully saturated rings. The van der Waals surface area contributed by atoms with Gasteiger partial charge < -0.3 is 9.74 Å². The van der Waals surface area contributed by atoms with Gasteiger partial charge in [-0.3, -0.25) is 0 Å². The monoisotopic (exact) mass is 357 g/mol. The Morgan fingerprint density at radius 1 is 1.27 bits per heavy atom. The Balaban J connectivity index is 1.77. The van der Waals surface area contributed by atoms with E-state index in [0.29, 0.717) is 23.4 Å². The molecule has 0 N–H and O–H groups in total. The molecule has 1 atom stereocenters. The Bertz CT molecular complexity index is 847. The third-order valence-corrected chi connectivity index (χ3v) is 4.40. The van der Waals surface area contributed by atoms with Crippen molar-refractivity contribution in [2.75, 3.05) is 13.6 Å². The number of hydrogen-bond acceptors (Lipinski definition) is 3. The topological polar surface area (TPSA) is 37.2 Å². The molecule has 2 aromatic rings. The molecule has 0 spiro atoms. The van der Waals surface area contributed by atoms with E-state index in [1.54, 1.807) is 24.5 Å². The highest BCUT2D eigenvalue weighted by Crippen LogP contribution is 2.34. The number of halogens is 2. The summed E-state index contributed by atoms with van der Waals surface area (Å²) in [6, 6.07) is 9.20. The van der Waals surface area contributed by atoms with Crippen LogP contribution < -0.4 is 0 Å². The van der Waals surface area contributed by atoms with Gasteiger partial charge in [-0.15, -0.1) is 0 Å². The van der Waals surface area contributed by atoms with Crippen LogP contribution in [0.5, 0.6) is 0 Å². The van der Waals surface area contributed by atoms with Gasteiger partial charge in [0, 0.05) is 31.6 Å². The highest BCUT2D eigenvalue weighted by molar-refractivity contribution is 6.01. The number of aliphatic imine (C=N–C) groups is 1. The lowest BCUT2D eigenvalue weighted by molar-refractivity contribution is 0.0829. The van der Waals surface area contributed by atoms with Crippen molar-refractivity contribution in [3.8, 4) is 0 Å². The molecule has 2 aromatic carbocycles. The third-order valence-electron chi connectivity index (χ3n) is 4.40. The lowest BCUT2D eigenvalue weighted by Gasteiger charge is -2.13. The molecule has 1 aliphatic rings. The van der Waals surface area contributed by atoms with Gasteiger partial charge in [0.05, 0.1) is 17.7 Å². The van der Waals surface area contributed by atoms with Crippen molar-refractivity contribution in [3.05, 3.63) is 64.7 Å². The molecule has 4 nitrogen and oxygen atoms in total. The molecule has 1 heterocycles. The molecular formula is C20H21F2N3O. The van der Waals surface area contributed by atoms with Gasteiger partial charge in [-0.2, -0.15) is 0 Å². The number of nitrogens with zero attached hydrogens (tertiary/aromatic N) is 3. The van der Waals surface area contributed by atoms with Gasteiger partial charge in [0.15, 0.2) is 6.10 Å². The van der Waals surface area contributed by atoms with Crippen molar-refractivity contribution in [2.24, 2.45) is 10.1 Å². The zero-order chi connectivity index (χ0) is 18.7. The lowest BCUT2D eigenvalue weighted by atomic mass is 9.98. The average molecular weight is 357 g/mol. The number of benzene rings is 2. The van der Waals surface area contributed by atoms with Crippen molar-refractivity contribution in [3.63, 3.8) is 0 Å². The van der Waals surface area contributed by atoms with Crippen LogP contribution in [0.2, 0.25) is 0 Å². The van der Waals surface area contributed by atoms with Crippen LogP contribution in [0.1, 0.15) is 36.1 Å². The van der Waals surface area contributed by atoms with Gasteiger partial charge in [0.2, 0.25) is 0 Å². The zero-order valence-electron chi connectivity index (χ0n) is 15.0. The second-order valence-corrected chi connectivity index (χ2v) is 6.32. The minimum absolute atomic E-state index is 0.309. The summed E-state index contributed by atoms with van der Waals surface area (Å²) in [7, 11) is 1.91. The molecule has 3 rings (SSSR count). The maximum absolute atomic E-state index is 14.6. The fourth-order valence-electron chi connectivity index (χ4n) is 2.68. The second kappa shape index (κ2) is 7.64. The Morgan fingerprint density at radius 2 is 2.00 bits per heavy atom. The quantitative estimate of drug-likeness (QED) is 0.572. The fraction of sp³-hybridized carbons (Fsp3) is 0.300. The molecule has 0 bridgehead atoms. The van der Waals surface area contributed by atoms with Crippen molar-refractivity contribution in [2.45, 2.75) is 26.4 Å². The number of hydrogen-bond donors (Lipinski definition) is 0. The van der Waals surface area contributed by atoms with E-state index in [4.69, 9.17) is 4.84 Å². The molecular weight excluding hydrogens is 336 g/mol. The van der Waals surface area contributed by atoms with Crippen LogP contribution >= 0.6 is 0 Å². The summed E-state index contributed by atoms with van der Waals surface area (Å²) in [6.45, 7) is 4.72. The summed E-state index contributed by atoms with van der Waals surface area (Å²) in [5.41, 5.74) is 3.35. The van der Waals surface area contributed by atoms with Gasteiger partial charge in [-0.25, -0.2) is 13.8 Å². The number of rotatable bonds is 5. The van der Waals surface area contributed by atoms with Gasteiger partial charge >= 0.3 is 0 Å². The third kappa shape index (κ3) is 3.90. The molecule has 6 heteroatoms. The summed E-state index contributed by atoms with van der Waals surface area (Å²) >= 11 is 0. The van der Waals surface area contributed by atoms with E-state index < -0.39 is 6.10 Å².